The predicted octanol–water partition coefficient (Wildman–Crippen LogP) is 1.73. The van der Waals surface area contributed by atoms with Crippen LogP contribution in [0.5, 0.6) is 0 Å². The molecule has 2 rings (SSSR count). The van der Waals surface area contributed by atoms with Gasteiger partial charge in [-0.3, -0.25) is 4.79 Å². The Balaban J connectivity index is 2.14. The van der Waals surface area contributed by atoms with Gasteiger partial charge in [0.15, 0.2) is 5.76 Å². The van der Waals surface area contributed by atoms with Crippen molar-refractivity contribution in [1.29, 1.82) is 0 Å². The molecule has 0 spiro atoms. The quantitative estimate of drug-likeness (QED) is 0.912. The molecule has 0 bridgehead atoms. The molecule has 0 aromatic carbocycles. The summed E-state index contributed by atoms with van der Waals surface area (Å²) in [5.74, 6) is 1.25. The molecule has 112 valence electrons. The van der Waals surface area contributed by atoms with E-state index in [2.05, 4.69) is 0 Å². The van der Waals surface area contributed by atoms with E-state index in [1.165, 1.54) is 0 Å². The second-order valence-electron chi connectivity index (χ2n) is 5.34. The van der Waals surface area contributed by atoms with Gasteiger partial charge in [-0.25, -0.2) is 0 Å². The second kappa shape index (κ2) is 6.41. The normalized spacial score (nSPS) is 23.1. The Morgan fingerprint density at radius 2 is 2.35 bits per heavy atom. The van der Waals surface area contributed by atoms with Gasteiger partial charge in [0.2, 0.25) is 0 Å². The van der Waals surface area contributed by atoms with E-state index in [1.54, 1.807) is 7.11 Å². The first-order valence-electron chi connectivity index (χ1n) is 7.23. The Bertz CT molecular complexity index is 470. The number of nitrogens with zero attached hydrogens (tertiary/aromatic N) is 1. The topological polar surface area (TPSA) is 68.7 Å². The fourth-order valence-corrected chi connectivity index (χ4v) is 2.84. The molecule has 2 N–H and O–H groups in total. The number of hydrogen-bond donors (Lipinski definition) is 1. The minimum Gasteiger partial charge on any atom is -0.456 e. The van der Waals surface area contributed by atoms with E-state index in [-0.39, 0.29) is 18.1 Å². The van der Waals surface area contributed by atoms with Gasteiger partial charge >= 0.3 is 0 Å². The third-order valence-electron chi connectivity index (χ3n) is 4.09. The summed E-state index contributed by atoms with van der Waals surface area (Å²) >= 11 is 0. The number of piperidine rings is 1. The van der Waals surface area contributed by atoms with Crippen molar-refractivity contribution in [3.8, 4) is 0 Å². The maximum absolute atomic E-state index is 12.6. The van der Waals surface area contributed by atoms with Gasteiger partial charge in [0, 0.05) is 32.7 Å². The lowest BCUT2D eigenvalue weighted by Crippen LogP contribution is -2.51. The zero-order valence-corrected chi connectivity index (χ0v) is 12.5. The highest BCUT2D eigenvalue weighted by atomic mass is 16.5. The molecule has 20 heavy (non-hydrogen) atoms. The van der Waals surface area contributed by atoms with Crippen LogP contribution in [0.3, 0.4) is 0 Å². The van der Waals surface area contributed by atoms with Crippen molar-refractivity contribution in [1.82, 2.24) is 4.90 Å². The van der Waals surface area contributed by atoms with Crippen LogP contribution in [0.1, 0.15) is 41.6 Å². The minimum atomic E-state index is -0.0576. The predicted molar refractivity (Wildman–Crippen MR) is 76.7 cm³/mol. The number of carbonyl (C=O) groups excluding carboxylic acids is 1. The third kappa shape index (κ3) is 2.88. The molecule has 1 aliphatic heterocycles. The molecular weight excluding hydrogens is 256 g/mol. The van der Waals surface area contributed by atoms with Crippen molar-refractivity contribution in [2.45, 2.75) is 45.3 Å². The van der Waals surface area contributed by atoms with E-state index >= 15 is 0 Å². The van der Waals surface area contributed by atoms with Crippen LogP contribution in [-0.2, 0) is 11.2 Å². The van der Waals surface area contributed by atoms with E-state index in [4.69, 9.17) is 14.9 Å². The molecule has 1 aromatic rings. The average molecular weight is 280 g/mol. The number of amides is 1. The standard InChI is InChI=1S/C15H24N2O3/c1-4-13-10(2)7-14(20-13)15(18)17-6-5-12(19-3)8-11(17)9-16/h7,11-12H,4-6,8-9,16H2,1-3H3/t11-,12+/m0/s1. The fourth-order valence-electron chi connectivity index (χ4n) is 2.84. The summed E-state index contributed by atoms with van der Waals surface area (Å²) < 4.78 is 11.0. The van der Waals surface area contributed by atoms with Gasteiger partial charge in [-0.2, -0.15) is 0 Å². The van der Waals surface area contributed by atoms with Gasteiger partial charge in [-0.05, 0) is 31.4 Å². The molecule has 2 atom stereocenters. The minimum absolute atomic E-state index is 0.0247. The maximum Gasteiger partial charge on any atom is 0.289 e. The molecule has 1 fully saturated rings. The van der Waals surface area contributed by atoms with Gasteiger partial charge in [-0.1, -0.05) is 6.92 Å². The molecular formula is C15H24N2O3. The number of hydrogen-bond acceptors (Lipinski definition) is 4. The third-order valence-corrected chi connectivity index (χ3v) is 4.09. The summed E-state index contributed by atoms with van der Waals surface area (Å²) in [6, 6.07) is 1.86. The lowest BCUT2D eigenvalue weighted by atomic mass is 9.99. The molecule has 0 radical (unpaired) electrons. The zero-order valence-electron chi connectivity index (χ0n) is 12.5. The summed E-state index contributed by atoms with van der Waals surface area (Å²) in [6.45, 7) is 5.11. The fraction of sp³-hybridized carbons (Fsp3) is 0.667. The number of furan rings is 1. The van der Waals surface area contributed by atoms with Crippen LogP contribution in [-0.4, -0.2) is 43.2 Å². The molecule has 5 heteroatoms. The van der Waals surface area contributed by atoms with Gasteiger partial charge in [0.05, 0.1) is 6.10 Å². The number of nitrogens with two attached hydrogens (primary N) is 1. The lowest BCUT2D eigenvalue weighted by molar-refractivity contribution is 0.0123. The van der Waals surface area contributed by atoms with Crippen LogP contribution >= 0.6 is 0 Å². The summed E-state index contributed by atoms with van der Waals surface area (Å²) in [5.41, 5.74) is 6.84. The van der Waals surface area contributed by atoms with Crippen LogP contribution in [0.15, 0.2) is 10.5 Å². The van der Waals surface area contributed by atoms with Gasteiger partial charge < -0.3 is 19.8 Å². The van der Waals surface area contributed by atoms with E-state index in [0.717, 1.165) is 30.6 Å². The zero-order chi connectivity index (χ0) is 14.7. The Kier molecular flexibility index (Phi) is 4.83. The molecule has 1 aliphatic rings. The maximum atomic E-state index is 12.6. The summed E-state index contributed by atoms with van der Waals surface area (Å²) in [4.78, 5) is 14.4. The number of carbonyl (C=O) groups is 1. The SMILES string of the molecule is CCc1oc(C(=O)N2CC[C@@H](OC)C[C@H]2CN)cc1C. The molecule has 2 heterocycles. The highest BCUT2D eigenvalue weighted by molar-refractivity contribution is 5.92. The van der Waals surface area contributed by atoms with Crippen molar-refractivity contribution >= 4 is 5.91 Å². The second-order valence-corrected chi connectivity index (χ2v) is 5.34. The monoisotopic (exact) mass is 280 g/mol. The first-order valence-corrected chi connectivity index (χ1v) is 7.23. The number of ether oxygens (including phenoxy) is 1. The molecule has 0 saturated carbocycles. The molecule has 1 aromatic heterocycles. The van der Waals surface area contributed by atoms with Crippen molar-refractivity contribution in [3.05, 3.63) is 23.2 Å². The van der Waals surface area contributed by atoms with E-state index in [1.807, 2.05) is 24.8 Å². The van der Waals surface area contributed by atoms with Gasteiger partial charge in [-0.15, -0.1) is 0 Å². The summed E-state index contributed by atoms with van der Waals surface area (Å²) in [6.07, 6.45) is 2.63. The molecule has 1 saturated heterocycles. The lowest BCUT2D eigenvalue weighted by Gasteiger charge is -2.38. The Morgan fingerprint density at radius 1 is 1.60 bits per heavy atom. The Labute approximate surface area is 120 Å². The number of likely N-dealkylation sites (tertiary alicyclic amines) is 1. The first-order chi connectivity index (χ1) is 9.60. The first kappa shape index (κ1) is 15.1. The van der Waals surface area contributed by atoms with Crippen molar-refractivity contribution in [2.24, 2.45) is 5.73 Å². The number of methoxy groups -OCH3 is 1. The Hall–Kier alpha value is -1.33. The Morgan fingerprint density at radius 3 is 2.90 bits per heavy atom. The molecule has 1 amide bonds. The van der Waals surface area contributed by atoms with Crippen molar-refractivity contribution < 1.29 is 13.9 Å². The number of rotatable bonds is 4. The molecule has 5 nitrogen and oxygen atoms in total. The van der Waals surface area contributed by atoms with Gasteiger partial charge in [0.1, 0.15) is 5.76 Å². The molecule has 0 aliphatic carbocycles. The average Bonchev–Trinajstić information content (AvgIpc) is 2.86. The highest BCUT2D eigenvalue weighted by Crippen LogP contribution is 2.23. The van der Waals surface area contributed by atoms with Crippen LogP contribution in [0, 0.1) is 6.92 Å². The van der Waals surface area contributed by atoms with Crippen molar-refractivity contribution in [2.75, 3.05) is 20.2 Å². The van der Waals surface area contributed by atoms with E-state index in [0.29, 0.717) is 18.8 Å². The molecule has 0 unspecified atom stereocenters. The summed E-state index contributed by atoms with van der Waals surface area (Å²) in [5, 5.41) is 0. The number of aryl methyl sites for hydroxylation is 2. The highest BCUT2D eigenvalue weighted by Gasteiger charge is 2.32. The van der Waals surface area contributed by atoms with Crippen LogP contribution in [0.4, 0.5) is 0 Å². The van der Waals surface area contributed by atoms with E-state index < -0.39 is 0 Å². The summed E-state index contributed by atoms with van der Waals surface area (Å²) in [7, 11) is 1.71. The van der Waals surface area contributed by atoms with Crippen LogP contribution in [0.2, 0.25) is 0 Å². The smallest absolute Gasteiger partial charge is 0.289 e. The van der Waals surface area contributed by atoms with Crippen LogP contribution in [0.25, 0.3) is 0 Å². The van der Waals surface area contributed by atoms with Crippen molar-refractivity contribution in [3.63, 3.8) is 0 Å². The van der Waals surface area contributed by atoms with Crippen LogP contribution < -0.4 is 5.73 Å². The van der Waals surface area contributed by atoms with E-state index in [9.17, 15) is 4.79 Å². The largest absolute Gasteiger partial charge is 0.456 e. The van der Waals surface area contributed by atoms with Gasteiger partial charge in [0.25, 0.3) is 5.91 Å².